The molecule has 0 spiro atoms. The SMILES string of the molecule is CCNc1ccc([N+](=O)[O-])c(N2CCCCC2C)n1. The highest BCUT2D eigenvalue weighted by molar-refractivity contribution is 5.62. The number of piperidine rings is 1. The van der Waals surface area contributed by atoms with Crippen LogP contribution in [0.25, 0.3) is 0 Å². The fourth-order valence-electron chi connectivity index (χ4n) is 2.49. The van der Waals surface area contributed by atoms with Gasteiger partial charge in [0.15, 0.2) is 0 Å². The molecule has 0 saturated carbocycles. The van der Waals surface area contributed by atoms with Crippen LogP contribution in [0.3, 0.4) is 0 Å². The van der Waals surface area contributed by atoms with Crippen LogP contribution in [0.15, 0.2) is 12.1 Å². The molecular formula is C13H20N4O2. The Balaban J connectivity index is 2.38. The summed E-state index contributed by atoms with van der Waals surface area (Å²) in [6, 6.07) is 3.51. The van der Waals surface area contributed by atoms with Crippen molar-refractivity contribution in [3.05, 3.63) is 22.2 Å². The number of anilines is 2. The smallest absolute Gasteiger partial charge is 0.311 e. The summed E-state index contributed by atoms with van der Waals surface area (Å²) in [5.41, 5.74) is 0.0930. The number of nitro groups is 1. The van der Waals surface area contributed by atoms with Crippen molar-refractivity contribution >= 4 is 17.3 Å². The van der Waals surface area contributed by atoms with E-state index in [2.05, 4.69) is 22.1 Å². The second kappa shape index (κ2) is 5.86. The highest BCUT2D eigenvalue weighted by Crippen LogP contribution is 2.32. The van der Waals surface area contributed by atoms with Gasteiger partial charge in [-0.15, -0.1) is 0 Å². The molecule has 2 heterocycles. The van der Waals surface area contributed by atoms with Crippen LogP contribution in [0.2, 0.25) is 0 Å². The lowest BCUT2D eigenvalue weighted by atomic mass is 10.0. The van der Waals surface area contributed by atoms with Gasteiger partial charge in [0.1, 0.15) is 5.82 Å². The minimum atomic E-state index is -0.348. The molecule has 1 atom stereocenters. The Bertz CT molecular complexity index is 464. The van der Waals surface area contributed by atoms with E-state index < -0.39 is 0 Å². The van der Waals surface area contributed by atoms with Gasteiger partial charge in [-0.1, -0.05) is 0 Å². The Labute approximate surface area is 113 Å². The topological polar surface area (TPSA) is 71.3 Å². The van der Waals surface area contributed by atoms with Gasteiger partial charge in [-0.05, 0) is 39.2 Å². The lowest BCUT2D eigenvalue weighted by Gasteiger charge is -2.34. The predicted octanol–water partition coefficient (Wildman–Crippen LogP) is 2.80. The van der Waals surface area contributed by atoms with Gasteiger partial charge < -0.3 is 10.2 Å². The van der Waals surface area contributed by atoms with E-state index in [0.717, 1.165) is 25.9 Å². The van der Waals surface area contributed by atoms with Crippen molar-refractivity contribution in [1.29, 1.82) is 0 Å². The number of nitrogens with one attached hydrogen (secondary N) is 1. The summed E-state index contributed by atoms with van der Waals surface area (Å²) in [4.78, 5) is 17.3. The fourth-order valence-corrected chi connectivity index (χ4v) is 2.49. The summed E-state index contributed by atoms with van der Waals surface area (Å²) in [6.45, 7) is 5.67. The molecule has 6 heteroatoms. The second-order valence-corrected chi connectivity index (χ2v) is 4.86. The van der Waals surface area contributed by atoms with Crippen LogP contribution in [0.1, 0.15) is 33.1 Å². The third-order valence-corrected chi connectivity index (χ3v) is 3.48. The van der Waals surface area contributed by atoms with Gasteiger partial charge in [-0.3, -0.25) is 10.1 Å². The maximum atomic E-state index is 11.2. The van der Waals surface area contributed by atoms with Crippen LogP contribution in [0.4, 0.5) is 17.3 Å². The molecule has 6 nitrogen and oxygen atoms in total. The van der Waals surface area contributed by atoms with Crippen molar-refractivity contribution in [2.24, 2.45) is 0 Å². The first-order valence-corrected chi connectivity index (χ1v) is 6.79. The quantitative estimate of drug-likeness (QED) is 0.668. The summed E-state index contributed by atoms with van der Waals surface area (Å²) in [5, 5.41) is 14.3. The van der Waals surface area contributed by atoms with Crippen molar-refractivity contribution in [3.8, 4) is 0 Å². The number of aromatic nitrogens is 1. The highest BCUT2D eigenvalue weighted by Gasteiger charge is 2.27. The van der Waals surface area contributed by atoms with E-state index in [9.17, 15) is 10.1 Å². The maximum absolute atomic E-state index is 11.2. The third kappa shape index (κ3) is 2.94. The molecule has 1 saturated heterocycles. The van der Waals surface area contributed by atoms with Gasteiger partial charge in [0.05, 0.1) is 4.92 Å². The Kier molecular flexibility index (Phi) is 4.19. The Hall–Kier alpha value is -1.85. The summed E-state index contributed by atoms with van der Waals surface area (Å²) < 4.78 is 0. The maximum Gasteiger partial charge on any atom is 0.311 e. The van der Waals surface area contributed by atoms with Gasteiger partial charge in [0.2, 0.25) is 5.82 Å². The van der Waals surface area contributed by atoms with Crippen LogP contribution in [0.5, 0.6) is 0 Å². The lowest BCUT2D eigenvalue weighted by Crippen LogP contribution is -2.38. The molecule has 0 bridgehead atoms. The zero-order chi connectivity index (χ0) is 13.8. The first kappa shape index (κ1) is 13.6. The molecule has 1 aliphatic heterocycles. The first-order chi connectivity index (χ1) is 9.13. The average Bonchev–Trinajstić information content (AvgIpc) is 2.39. The van der Waals surface area contributed by atoms with E-state index in [-0.39, 0.29) is 10.6 Å². The first-order valence-electron chi connectivity index (χ1n) is 6.79. The van der Waals surface area contributed by atoms with Crippen LogP contribution < -0.4 is 10.2 Å². The average molecular weight is 264 g/mol. The molecule has 104 valence electrons. The van der Waals surface area contributed by atoms with Crippen molar-refractivity contribution in [3.63, 3.8) is 0 Å². The molecule has 1 fully saturated rings. The number of rotatable bonds is 4. The van der Waals surface area contributed by atoms with Gasteiger partial charge >= 0.3 is 5.69 Å². The number of nitrogens with zero attached hydrogens (tertiary/aromatic N) is 3. The monoisotopic (exact) mass is 264 g/mol. The number of hydrogen-bond acceptors (Lipinski definition) is 5. The largest absolute Gasteiger partial charge is 0.370 e. The summed E-state index contributed by atoms with van der Waals surface area (Å²) in [5.74, 6) is 1.19. The van der Waals surface area contributed by atoms with E-state index in [1.54, 1.807) is 12.1 Å². The van der Waals surface area contributed by atoms with Crippen molar-refractivity contribution in [1.82, 2.24) is 4.98 Å². The molecule has 1 aliphatic rings. The molecule has 0 radical (unpaired) electrons. The summed E-state index contributed by atoms with van der Waals surface area (Å²) >= 11 is 0. The van der Waals surface area contributed by atoms with E-state index in [1.807, 2.05) is 6.92 Å². The number of pyridine rings is 1. The van der Waals surface area contributed by atoms with Crippen molar-refractivity contribution in [2.75, 3.05) is 23.3 Å². The van der Waals surface area contributed by atoms with E-state index in [4.69, 9.17) is 0 Å². The fraction of sp³-hybridized carbons (Fsp3) is 0.615. The van der Waals surface area contributed by atoms with Gasteiger partial charge in [0.25, 0.3) is 0 Å². The lowest BCUT2D eigenvalue weighted by molar-refractivity contribution is -0.384. The Morgan fingerprint density at radius 3 is 2.95 bits per heavy atom. The minimum Gasteiger partial charge on any atom is -0.370 e. The molecule has 0 aliphatic carbocycles. The van der Waals surface area contributed by atoms with Crippen molar-refractivity contribution in [2.45, 2.75) is 39.2 Å². The van der Waals surface area contributed by atoms with Gasteiger partial charge in [-0.25, -0.2) is 4.98 Å². The normalized spacial score (nSPS) is 19.3. The molecule has 1 aromatic rings. The molecule has 1 aromatic heterocycles. The number of hydrogen-bond donors (Lipinski definition) is 1. The summed E-state index contributed by atoms with van der Waals surface area (Å²) in [6.07, 6.45) is 3.30. The van der Waals surface area contributed by atoms with E-state index in [1.165, 1.54) is 6.42 Å². The molecule has 19 heavy (non-hydrogen) atoms. The predicted molar refractivity (Wildman–Crippen MR) is 75.7 cm³/mol. The van der Waals surface area contributed by atoms with Crippen LogP contribution in [-0.4, -0.2) is 29.0 Å². The molecular weight excluding hydrogens is 244 g/mol. The van der Waals surface area contributed by atoms with Crippen LogP contribution >= 0.6 is 0 Å². The second-order valence-electron chi connectivity index (χ2n) is 4.86. The van der Waals surface area contributed by atoms with Crippen molar-refractivity contribution < 1.29 is 4.92 Å². The molecule has 1 N–H and O–H groups in total. The van der Waals surface area contributed by atoms with Gasteiger partial charge in [-0.2, -0.15) is 0 Å². The molecule has 2 rings (SSSR count). The molecule has 0 aromatic carbocycles. The highest BCUT2D eigenvalue weighted by atomic mass is 16.6. The van der Waals surface area contributed by atoms with Crippen LogP contribution in [0, 0.1) is 10.1 Å². The third-order valence-electron chi connectivity index (χ3n) is 3.48. The Morgan fingerprint density at radius 1 is 1.53 bits per heavy atom. The standard InChI is InChI=1S/C13H20N4O2/c1-3-14-12-8-7-11(17(18)19)13(15-12)16-9-5-4-6-10(16)2/h7-8,10H,3-6,9H2,1-2H3,(H,14,15). The molecule has 0 amide bonds. The van der Waals surface area contributed by atoms with Gasteiger partial charge in [0, 0.05) is 25.2 Å². The van der Waals surface area contributed by atoms with E-state index >= 15 is 0 Å². The zero-order valence-electron chi connectivity index (χ0n) is 11.4. The van der Waals surface area contributed by atoms with E-state index in [0.29, 0.717) is 17.7 Å². The summed E-state index contributed by atoms with van der Waals surface area (Å²) in [7, 11) is 0. The Morgan fingerprint density at radius 2 is 2.32 bits per heavy atom. The zero-order valence-corrected chi connectivity index (χ0v) is 11.4. The molecule has 1 unspecified atom stereocenters. The van der Waals surface area contributed by atoms with Crippen LogP contribution in [-0.2, 0) is 0 Å². The minimum absolute atomic E-state index is 0.0930.